The Kier molecular flexibility index (Phi) is 4.98. The Morgan fingerprint density at radius 1 is 1.04 bits per heavy atom. The van der Waals surface area contributed by atoms with E-state index in [1.165, 1.54) is 12.1 Å². The van der Waals surface area contributed by atoms with E-state index in [4.69, 9.17) is 0 Å². The predicted octanol–water partition coefficient (Wildman–Crippen LogP) is 1.90. The molecule has 2 heterocycles. The monoisotopic (exact) mass is 340 g/mol. The van der Waals surface area contributed by atoms with Crippen molar-refractivity contribution in [3.05, 3.63) is 36.2 Å². The Balaban J connectivity index is 1.48. The molecular formula is C15H19F3N6. The first-order chi connectivity index (χ1) is 11.5. The topological polar surface area (TPSA) is 50.1 Å². The van der Waals surface area contributed by atoms with E-state index in [-0.39, 0.29) is 0 Å². The number of piperazine rings is 1. The molecule has 0 radical (unpaired) electrons. The SMILES string of the molecule is FC(F)(F)c1cccc(N2CCN(CCCn3cnnn3)CC2)c1. The maximum Gasteiger partial charge on any atom is 0.416 e. The van der Waals surface area contributed by atoms with Crippen LogP contribution in [-0.2, 0) is 12.7 Å². The van der Waals surface area contributed by atoms with Gasteiger partial charge in [-0.15, -0.1) is 5.10 Å². The van der Waals surface area contributed by atoms with Crippen LogP contribution in [0.15, 0.2) is 30.6 Å². The number of nitrogens with zero attached hydrogens (tertiary/aromatic N) is 6. The van der Waals surface area contributed by atoms with E-state index in [1.54, 1.807) is 17.1 Å². The minimum Gasteiger partial charge on any atom is -0.369 e. The Hall–Kier alpha value is -2.16. The lowest BCUT2D eigenvalue weighted by Crippen LogP contribution is -2.46. The fourth-order valence-corrected chi connectivity index (χ4v) is 2.85. The van der Waals surface area contributed by atoms with Crippen LogP contribution >= 0.6 is 0 Å². The first-order valence-corrected chi connectivity index (χ1v) is 7.88. The van der Waals surface area contributed by atoms with Gasteiger partial charge in [-0.1, -0.05) is 6.07 Å². The second kappa shape index (κ2) is 7.16. The molecule has 1 fully saturated rings. The Morgan fingerprint density at radius 2 is 1.83 bits per heavy atom. The zero-order valence-corrected chi connectivity index (χ0v) is 13.2. The van der Waals surface area contributed by atoms with Crippen LogP contribution in [0.3, 0.4) is 0 Å². The van der Waals surface area contributed by atoms with Crippen LogP contribution < -0.4 is 4.90 Å². The molecule has 24 heavy (non-hydrogen) atoms. The molecule has 0 amide bonds. The van der Waals surface area contributed by atoms with Crippen molar-refractivity contribution in [3.8, 4) is 0 Å². The number of aromatic nitrogens is 4. The first kappa shape index (κ1) is 16.7. The number of hydrogen-bond donors (Lipinski definition) is 0. The summed E-state index contributed by atoms with van der Waals surface area (Å²) in [5.74, 6) is 0. The van der Waals surface area contributed by atoms with Gasteiger partial charge in [-0.05, 0) is 35.0 Å². The Labute approximate surface area is 137 Å². The van der Waals surface area contributed by atoms with E-state index in [9.17, 15) is 13.2 Å². The van der Waals surface area contributed by atoms with E-state index in [2.05, 4.69) is 20.4 Å². The zero-order valence-electron chi connectivity index (χ0n) is 13.2. The van der Waals surface area contributed by atoms with Crippen molar-refractivity contribution in [1.82, 2.24) is 25.1 Å². The molecule has 0 saturated carbocycles. The smallest absolute Gasteiger partial charge is 0.369 e. The maximum atomic E-state index is 12.8. The minimum absolute atomic E-state index is 0.594. The zero-order chi connectivity index (χ0) is 17.0. The van der Waals surface area contributed by atoms with Gasteiger partial charge in [0, 0.05) is 45.0 Å². The van der Waals surface area contributed by atoms with Crippen molar-refractivity contribution in [1.29, 1.82) is 0 Å². The van der Waals surface area contributed by atoms with Crippen molar-refractivity contribution in [2.75, 3.05) is 37.6 Å². The highest BCUT2D eigenvalue weighted by Crippen LogP contribution is 2.31. The summed E-state index contributed by atoms with van der Waals surface area (Å²) in [5.41, 5.74) is 0.0436. The molecule has 9 heteroatoms. The van der Waals surface area contributed by atoms with Gasteiger partial charge in [-0.2, -0.15) is 13.2 Å². The second-order valence-electron chi connectivity index (χ2n) is 5.80. The van der Waals surface area contributed by atoms with Gasteiger partial charge in [-0.25, -0.2) is 4.68 Å². The quantitative estimate of drug-likeness (QED) is 0.832. The molecule has 2 aromatic rings. The number of anilines is 1. The second-order valence-corrected chi connectivity index (χ2v) is 5.80. The summed E-state index contributed by atoms with van der Waals surface area (Å²) < 4.78 is 40.1. The minimum atomic E-state index is -4.30. The van der Waals surface area contributed by atoms with Gasteiger partial charge in [0.15, 0.2) is 0 Å². The Bertz CT molecular complexity index is 635. The first-order valence-electron chi connectivity index (χ1n) is 7.88. The van der Waals surface area contributed by atoms with Gasteiger partial charge >= 0.3 is 6.18 Å². The number of alkyl halides is 3. The molecule has 0 spiro atoms. The fraction of sp³-hybridized carbons (Fsp3) is 0.533. The number of benzene rings is 1. The van der Waals surface area contributed by atoms with Crippen LogP contribution in [0.25, 0.3) is 0 Å². The molecule has 1 aromatic heterocycles. The molecule has 1 aliphatic heterocycles. The summed E-state index contributed by atoms with van der Waals surface area (Å²) in [7, 11) is 0. The molecule has 0 unspecified atom stereocenters. The summed E-state index contributed by atoms with van der Waals surface area (Å²) in [6, 6.07) is 5.55. The number of aryl methyl sites for hydroxylation is 1. The average molecular weight is 340 g/mol. The number of hydrogen-bond acceptors (Lipinski definition) is 5. The van der Waals surface area contributed by atoms with Gasteiger partial charge in [0.2, 0.25) is 0 Å². The molecule has 1 aliphatic rings. The number of tetrazole rings is 1. The highest BCUT2D eigenvalue weighted by molar-refractivity contribution is 5.49. The Morgan fingerprint density at radius 3 is 2.50 bits per heavy atom. The van der Waals surface area contributed by atoms with Crippen LogP contribution in [-0.4, -0.2) is 57.8 Å². The molecule has 1 aromatic carbocycles. The fourth-order valence-electron chi connectivity index (χ4n) is 2.85. The van der Waals surface area contributed by atoms with Crippen LogP contribution in [0.1, 0.15) is 12.0 Å². The number of rotatable bonds is 5. The van der Waals surface area contributed by atoms with Gasteiger partial charge in [0.25, 0.3) is 0 Å². The summed E-state index contributed by atoms with van der Waals surface area (Å²) in [5, 5.41) is 11.0. The summed E-state index contributed by atoms with van der Waals surface area (Å²) in [4.78, 5) is 4.32. The van der Waals surface area contributed by atoms with Crippen LogP contribution in [0.5, 0.6) is 0 Å². The maximum absolute atomic E-state index is 12.8. The van der Waals surface area contributed by atoms with Crippen molar-refractivity contribution in [2.24, 2.45) is 0 Å². The van der Waals surface area contributed by atoms with Crippen molar-refractivity contribution < 1.29 is 13.2 Å². The molecule has 1 saturated heterocycles. The molecule has 0 N–H and O–H groups in total. The van der Waals surface area contributed by atoms with Crippen LogP contribution in [0.4, 0.5) is 18.9 Å². The molecule has 0 atom stereocenters. The van der Waals surface area contributed by atoms with Gasteiger partial charge in [0.05, 0.1) is 5.56 Å². The third-order valence-electron chi connectivity index (χ3n) is 4.16. The standard InChI is InChI=1S/C15H19F3N6/c16-15(17,18)13-3-1-4-14(11-13)23-9-7-22(8-10-23)5-2-6-24-12-19-20-21-24/h1,3-4,11-12H,2,5-10H2. The highest BCUT2D eigenvalue weighted by atomic mass is 19.4. The lowest BCUT2D eigenvalue weighted by Gasteiger charge is -2.36. The van der Waals surface area contributed by atoms with Gasteiger partial charge < -0.3 is 4.90 Å². The van der Waals surface area contributed by atoms with Gasteiger partial charge in [-0.3, -0.25) is 4.90 Å². The molecule has 130 valence electrons. The molecule has 0 bridgehead atoms. The largest absolute Gasteiger partial charge is 0.416 e. The van der Waals surface area contributed by atoms with E-state index in [1.807, 2.05) is 4.90 Å². The number of halogens is 3. The van der Waals surface area contributed by atoms with E-state index < -0.39 is 11.7 Å². The van der Waals surface area contributed by atoms with E-state index in [0.29, 0.717) is 5.69 Å². The molecule has 3 rings (SSSR count). The van der Waals surface area contributed by atoms with E-state index in [0.717, 1.165) is 51.8 Å². The third-order valence-corrected chi connectivity index (χ3v) is 4.16. The third kappa shape index (κ3) is 4.22. The van der Waals surface area contributed by atoms with Crippen molar-refractivity contribution >= 4 is 5.69 Å². The van der Waals surface area contributed by atoms with Crippen LogP contribution in [0.2, 0.25) is 0 Å². The predicted molar refractivity (Wildman–Crippen MR) is 82.5 cm³/mol. The summed E-state index contributed by atoms with van der Waals surface area (Å²) in [6.45, 7) is 4.83. The van der Waals surface area contributed by atoms with E-state index >= 15 is 0 Å². The average Bonchev–Trinajstić information content (AvgIpc) is 3.08. The summed E-state index contributed by atoms with van der Waals surface area (Å²) in [6.07, 6.45) is -1.77. The van der Waals surface area contributed by atoms with Gasteiger partial charge in [0.1, 0.15) is 6.33 Å². The molecule has 0 aliphatic carbocycles. The molecular weight excluding hydrogens is 321 g/mol. The normalized spacial score (nSPS) is 16.5. The summed E-state index contributed by atoms with van der Waals surface area (Å²) >= 11 is 0. The highest BCUT2D eigenvalue weighted by Gasteiger charge is 2.31. The molecule has 6 nitrogen and oxygen atoms in total. The van der Waals surface area contributed by atoms with Crippen molar-refractivity contribution in [2.45, 2.75) is 19.1 Å². The lowest BCUT2D eigenvalue weighted by molar-refractivity contribution is -0.137. The van der Waals surface area contributed by atoms with Crippen LogP contribution in [0, 0.1) is 0 Å². The lowest BCUT2D eigenvalue weighted by atomic mass is 10.1. The van der Waals surface area contributed by atoms with Crippen molar-refractivity contribution in [3.63, 3.8) is 0 Å².